The van der Waals surface area contributed by atoms with Gasteiger partial charge in [0.2, 0.25) is 0 Å². The second-order valence-corrected chi connectivity index (χ2v) is 3.63. The van der Waals surface area contributed by atoms with E-state index in [4.69, 9.17) is 10.00 Å². The summed E-state index contributed by atoms with van der Waals surface area (Å²) in [6.45, 7) is 1.72. The molecular formula is C14H12N2O. The number of hydrogen-bond acceptors (Lipinski definition) is 3. The van der Waals surface area contributed by atoms with E-state index in [0.29, 0.717) is 5.75 Å². The number of aromatic nitrogens is 1. The summed E-state index contributed by atoms with van der Waals surface area (Å²) in [6.07, 6.45) is 3.04. The summed E-state index contributed by atoms with van der Waals surface area (Å²) in [5.74, 6) is 0.703. The first-order valence-corrected chi connectivity index (χ1v) is 5.37. The van der Waals surface area contributed by atoms with Crippen LogP contribution in [0.4, 0.5) is 0 Å². The normalized spacial score (nSPS) is 11.5. The summed E-state index contributed by atoms with van der Waals surface area (Å²) in [5, 5.41) is 8.77. The van der Waals surface area contributed by atoms with Crippen molar-refractivity contribution in [3.8, 4) is 22.9 Å². The molecule has 1 heterocycles. The summed E-state index contributed by atoms with van der Waals surface area (Å²) in [6, 6.07) is 13.5. The summed E-state index contributed by atoms with van der Waals surface area (Å²) in [4.78, 5) is 4.08. The predicted octanol–water partition coefficient (Wildman–Crippen LogP) is 3.04. The zero-order valence-corrected chi connectivity index (χ0v) is 9.50. The molecule has 0 spiro atoms. The first-order chi connectivity index (χ1) is 8.31. The average molecular weight is 224 g/mol. The molecule has 0 amide bonds. The molecule has 1 atom stereocenters. The third-order valence-corrected chi connectivity index (χ3v) is 2.35. The monoisotopic (exact) mass is 224 g/mol. The average Bonchev–Trinajstić information content (AvgIpc) is 2.40. The summed E-state index contributed by atoms with van der Waals surface area (Å²) >= 11 is 0. The molecule has 1 aromatic carbocycles. The Labute approximate surface area is 100 Å². The van der Waals surface area contributed by atoms with Gasteiger partial charge in [0.25, 0.3) is 0 Å². The van der Waals surface area contributed by atoms with Crippen LogP contribution in [0.1, 0.15) is 6.92 Å². The quantitative estimate of drug-likeness (QED) is 0.805. The van der Waals surface area contributed by atoms with Crippen molar-refractivity contribution in [2.45, 2.75) is 13.0 Å². The van der Waals surface area contributed by atoms with Gasteiger partial charge in [0.05, 0.1) is 0 Å². The summed E-state index contributed by atoms with van der Waals surface area (Å²) in [5.41, 5.74) is 1.93. The lowest BCUT2D eigenvalue weighted by molar-refractivity contribution is 0.277. The Morgan fingerprint density at radius 2 is 2.06 bits per heavy atom. The Morgan fingerprint density at radius 3 is 2.76 bits per heavy atom. The number of pyridine rings is 1. The van der Waals surface area contributed by atoms with E-state index < -0.39 is 6.10 Å². The molecule has 84 valence electrons. The lowest BCUT2D eigenvalue weighted by atomic mass is 10.1. The maximum Gasteiger partial charge on any atom is 0.181 e. The van der Waals surface area contributed by atoms with Crippen molar-refractivity contribution in [2.75, 3.05) is 0 Å². The smallest absolute Gasteiger partial charge is 0.181 e. The van der Waals surface area contributed by atoms with Crippen molar-refractivity contribution >= 4 is 0 Å². The predicted molar refractivity (Wildman–Crippen MR) is 65.4 cm³/mol. The van der Waals surface area contributed by atoms with Crippen molar-refractivity contribution in [1.29, 1.82) is 5.26 Å². The van der Waals surface area contributed by atoms with E-state index in [2.05, 4.69) is 11.1 Å². The fraction of sp³-hybridized carbons (Fsp3) is 0.143. The number of nitriles is 1. The topological polar surface area (TPSA) is 45.9 Å². The Hall–Kier alpha value is -2.34. The molecule has 3 nitrogen and oxygen atoms in total. The second-order valence-electron chi connectivity index (χ2n) is 3.63. The van der Waals surface area contributed by atoms with Gasteiger partial charge in [-0.15, -0.1) is 0 Å². The highest BCUT2D eigenvalue weighted by Crippen LogP contribution is 2.29. The van der Waals surface area contributed by atoms with E-state index in [1.807, 2.05) is 36.4 Å². The van der Waals surface area contributed by atoms with Crippen LogP contribution in [-0.4, -0.2) is 11.1 Å². The van der Waals surface area contributed by atoms with Gasteiger partial charge < -0.3 is 4.74 Å². The van der Waals surface area contributed by atoms with Crippen LogP contribution in [0.25, 0.3) is 11.1 Å². The van der Waals surface area contributed by atoms with Gasteiger partial charge in [0, 0.05) is 23.5 Å². The minimum Gasteiger partial charge on any atom is -0.475 e. The highest BCUT2D eigenvalue weighted by Gasteiger charge is 2.08. The second kappa shape index (κ2) is 5.13. The fourth-order valence-corrected chi connectivity index (χ4v) is 1.55. The summed E-state index contributed by atoms with van der Waals surface area (Å²) < 4.78 is 5.56. The molecule has 0 bridgehead atoms. The lowest BCUT2D eigenvalue weighted by Gasteiger charge is -2.12. The lowest BCUT2D eigenvalue weighted by Crippen LogP contribution is -2.08. The first-order valence-electron chi connectivity index (χ1n) is 5.37. The van der Waals surface area contributed by atoms with Gasteiger partial charge in [-0.25, -0.2) is 0 Å². The van der Waals surface area contributed by atoms with Crippen LogP contribution in [0.2, 0.25) is 0 Å². The molecule has 2 rings (SSSR count). The van der Waals surface area contributed by atoms with Crippen LogP contribution in [0.5, 0.6) is 5.75 Å². The van der Waals surface area contributed by atoms with Gasteiger partial charge in [-0.3, -0.25) is 4.98 Å². The Bertz CT molecular complexity index is 531. The molecule has 2 aromatic rings. The van der Waals surface area contributed by atoms with Crippen molar-refractivity contribution < 1.29 is 4.74 Å². The fourth-order valence-electron chi connectivity index (χ4n) is 1.55. The van der Waals surface area contributed by atoms with E-state index in [1.165, 1.54) is 0 Å². The summed E-state index contributed by atoms with van der Waals surface area (Å²) in [7, 11) is 0. The van der Waals surface area contributed by atoms with Crippen LogP contribution in [0, 0.1) is 11.3 Å². The largest absolute Gasteiger partial charge is 0.475 e. The highest BCUT2D eigenvalue weighted by atomic mass is 16.5. The molecule has 0 saturated heterocycles. The van der Waals surface area contributed by atoms with Crippen molar-refractivity contribution in [3.63, 3.8) is 0 Å². The maximum absolute atomic E-state index is 8.77. The molecule has 0 saturated carbocycles. The molecule has 0 aliphatic heterocycles. The van der Waals surface area contributed by atoms with Crippen LogP contribution < -0.4 is 4.74 Å². The minimum atomic E-state index is -0.465. The van der Waals surface area contributed by atoms with Gasteiger partial charge in [-0.2, -0.15) is 5.26 Å². The molecule has 3 heteroatoms. The standard InChI is InChI=1S/C14H12N2O/c1-11(9-15)17-14-7-3-2-6-13(14)12-5-4-8-16-10-12/h2-8,10-11H,1H3. The first kappa shape index (κ1) is 11.2. The van der Waals surface area contributed by atoms with E-state index in [0.717, 1.165) is 11.1 Å². The van der Waals surface area contributed by atoms with Crippen LogP contribution >= 0.6 is 0 Å². The number of hydrogen-bond donors (Lipinski definition) is 0. The third kappa shape index (κ3) is 2.61. The van der Waals surface area contributed by atoms with Gasteiger partial charge in [-0.05, 0) is 19.1 Å². The maximum atomic E-state index is 8.77. The number of rotatable bonds is 3. The SMILES string of the molecule is CC(C#N)Oc1ccccc1-c1cccnc1. The molecule has 1 unspecified atom stereocenters. The van der Waals surface area contributed by atoms with Crippen molar-refractivity contribution in [1.82, 2.24) is 4.98 Å². The molecule has 17 heavy (non-hydrogen) atoms. The van der Waals surface area contributed by atoms with E-state index in [1.54, 1.807) is 19.3 Å². The van der Waals surface area contributed by atoms with E-state index in [-0.39, 0.29) is 0 Å². The molecule has 0 aliphatic carbocycles. The number of para-hydroxylation sites is 1. The molecule has 0 radical (unpaired) electrons. The Morgan fingerprint density at radius 1 is 1.24 bits per heavy atom. The molecule has 0 N–H and O–H groups in total. The highest BCUT2D eigenvalue weighted by molar-refractivity contribution is 5.69. The molecule has 1 aromatic heterocycles. The number of ether oxygens (including phenoxy) is 1. The molecule has 0 aliphatic rings. The van der Waals surface area contributed by atoms with Gasteiger partial charge in [0.1, 0.15) is 11.8 Å². The van der Waals surface area contributed by atoms with Gasteiger partial charge in [-0.1, -0.05) is 24.3 Å². The zero-order valence-electron chi connectivity index (χ0n) is 9.50. The molecule has 0 fully saturated rings. The number of nitrogens with zero attached hydrogens (tertiary/aromatic N) is 2. The third-order valence-electron chi connectivity index (χ3n) is 2.35. The van der Waals surface area contributed by atoms with E-state index in [9.17, 15) is 0 Å². The van der Waals surface area contributed by atoms with Gasteiger partial charge in [0.15, 0.2) is 6.10 Å². The Balaban J connectivity index is 2.38. The molecular weight excluding hydrogens is 212 g/mol. The minimum absolute atomic E-state index is 0.465. The van der Waals surface area contributed by atoms with Crippen LogP contribution in [-0.2, 0) is 0 Å². The van der Waals surface area contributed by atoms with Gasteiger partial charge >= 0.3 is 0 Å². The van der Waals surface area contributed by atoms with Crippen LogP contribution in [0.15, 0.2) is 48.8 Å². The zero-order chi connectivity index (χ0) is 12.1. The Kier molecular flexibility index (Phi) is 3.37. The number of benzene rings is 1. The van der Waals surface area contributed by atoms with Crippen molar-refractivity contribution in [3.05, 3.63) is 48.8 Å². The van der Waals surface area contributed by atoms with Crippen molar-refractivity contribution in [2.24, 2.45) is 0 Å². The van der Waals surface area contributed by atoms with E-state index >= 15 is 0 Å². The van der Waals surface area contributed by atoms with Crippen LogP contribution in [0.3, 0.4) is 0 Å².